The number of carbonyl (C=O) groups is 1. The number of ether oxygens (including phenoxy) is 1. The number of hydrogen-bond donors (Lipinski definition) is 2. The van der Waals surface area contributed by atoms with E-state index in [9.17, 15) is 9.90 Å². The Balaban J connectivity index is 4.20. The second-order valence-electron chi connectivity index (χ2n) is 4.88. The SMILES string of the molecule is C#C[C@@H](C)[C@@H](O)[C@H](C)NC(=O)OC(C)(C)C. The fraction of sp³-hybridized carbons (Fsp3) is 0.750. The minimum absolute atomic E-state index is 0.315. The van der Waals surface area contributed by atoms with Crippen LogP contribution in [-0.2, 0) is 4.74 Å². The first kappa shape index (κ1) is 14.8. The van der Waals surface area contributed by atoms with Gasteiger partial charge in [-0.3, -0.25) is 0 Å². The third-order valence-corrected chi connectivity index (χ3v) is 2.03. The van der Waals surface area contributed by atoms with E-state index in [0.717, 1.165) is 0 Å². The summed E-state index contributed by atoms with van der Waals surface area (Å²) in [7, 11) is 0. The van der Waals surface area contributed by atoms with Crippen LogP contribution in [0.2, 0.25) is 0 Å². The first-order valence-corrected chi connectivity index (χ1v) is 5.31. The molecule has 0 spiro atoms. The zero-order valence-electron chi connectivity index (χ0n) is 10.6. The predicted molar refractivity (Wildman–Crippen MR) is 62.8 cm³/mol. The van der Waals surface area contributed by atoms with Gasteiger partial charge in [-0.25, -0.2) is 4.79 Å². The summed E-state index contributed by atoms with van der Waals surface area (Å²) in [5, 5.41) is 12.3. The van der Waals surface area contributed by atoms with Gasteiger partial charge < -0.3 is 15.2 Å². The molecule has 0 saturated carbocycles. The van der Waals surface area contributed by atoms with Gasteiger partial charge in [0.1, 0.15) is 5.60 Å². The molecule has 0 aliphatic carbocycles. The van der Waals surface area contributed by atoms with Gasteiger partial charge in [0.2, 0.25) is 0 Å². The molecule has 0 heterocycles. The Bertz CT molecular complexity index is 275. The first-order valence-electron chi connectivity index (χ1n) is 5.31. The van der Waals surface area contributed by atoms with Crippen LogP contribution in [0, 0.1) is 18.3 Å². The fourth-order valence-corrected chi connectivity index (χ4v) is 1.11. The molecule has 0 aromatic heterocycles. The van der Waals surface area contributed by atoms with E-state index in [4.69, 9.17) is 11.2 Å². The van der Waals surface area contributed by atoms with Gasteiger partial charge in [0, 0.05) is 5.92 Å². The van der Waals surface area contributed by atoms with Crippen molar-refractivity contribution in [2.24, 2.45) is 5.92 Å². The highest BCUT2D eigenvalue weighted by atomic mass is 16.6. The van der Waals surface area contributed by atoms with Gasteiger partial charge in [-0.05, 0) is 34.6 Å². The van der Waals surface area contributed by atoms with E-state index in [1.165, 1.54) is 0 Å². The largest absolute Gasteiger partial charge is 0.444 e. The molecule has 3 atom stereocenters. The highest BCUT2D eigenvalue weighted by Crippen LogP contribution is 2.09. The van der Waals surface area contributed by atoms with E-state index >= 15 is 0 Å². The maximum atomic E-state index is 11.4. The van der Waals surface area contributed by atoms with Gasteiger partial charge in [-0.15, -0.1) is 12.3 Å². The second-order valence-corrected chi connectivity index (χ2v) is 4.88. The Hall–Kier alpha value is -1.21. The molecule has 2 N–H and O–H groups in total. The molecule has 0 aliphatic rings. The van der Waals surface area contributed by atoms with Crippen molar-refractivity contribution in [2.45, 2.75) is 52.4 Å². The highest BCUT2D eigenvalue weighted by molar-refractivity contribution is 5.68. The number of rotatable bonds is 3. The van der Waals surface area contributed by atoms with Crippen molar-refractivity contribution in [3.8, 4) is 12.3 Å². The van der Waals surface area contributed by atoms with Gasteiger partial charge in [-0.2, -0.15) is 0 Å². The van der Waals surface area contributed by atoms with Crippen LogP contribution in [0.15, 0.2) is 0 Å². The second kappa shape index (κ2) is 5.76. The van der Waals surface area contributed by atoms with E-state index in [-0.39, 0.29) is 5.92 Å². The summed E-state index contributed by atoms with van der Waals surface area (Å²) in [5.41, 5.74) is -0.549. The molecule has 1 amide bonds. The number of aliphatic hydroxyl groups is 1. The molecule has 0 aliphatic heterocycles. The number of aliphatic hydroxyl groups excluding tert-OH is 1. The molecule has 0 rings (SSSR count). The Morgan fingerprint density at radius 2 is 1.94 bits per heavy atom. The molecule has 0 aromatic carbocycles. The molecule has 0 fully saturated rings. The molecule has 92 valence electrons. The topological polar surface area (TPSA) is 58.6 Å². The van der Waals surface area contributed by atoms with Crippen LogP contribution in [0.4, 0.5) is 4.79 Å². The Morgan fingerprint density at radius 3 is 2.31 bits per heavy atom. The predicted octanol–water partition coefficient (Wildman–Crippen LogP) is 1.53. The molecule has 4 nitrogen and oxygen atoms in total. The van der Waals surface area contributed by atoms with Crippen molar-refractivity contribution < 1.29 is 14.6 Å². The van der Waals surface area contributed by atoms with Gasteiger partial charge in [0.15, 0.2) is 0 Å². The number of nitrogens with one attached hydrogen (secondary N) is 1. The molecular formula is C12H21NO3. The van der Waals surface area contributed by atoms with Crippen LogP contribution in [0.25, 0.3) is 0 Å². The van der Waals surface area contributed by atoms with Crippen LogP contribution in [0.3, 0.4) is 0 Å². The van der Waals surface area contributed by atoms with Crippen molar-refractivity contribution in [2.75, 3.05) is 0 Å². The molecule has 0 saturated heterocycles. The molecule has 0 unspecified atom stereocenters. The molecule has 16 heavy (non-hydrogen) atoms. The lowest BCUT2D eigenvalue weighted by molar-refractivity contribution is 0.0404. The van der Waals surface area contributed by atoms with Gasteiger partial charge in [0.25, 0.3) is 0 Å². The summed E-state index contributed by atoms with van der Waals surface area (Å²) in [6.45, 7) is 8.73. The molecule has 4 heteroatoms. The van der Waals surface area contributed by atoms with E-state index in [1.54, 1.807) is 34.6 Å². The van der Waals surface area contributed by atoms with E-state index < -0.39 is 23.8 Å². The van der Waals surface area contributed by atoms with E-state index in [2.05, 4.69) is 11.2 Å². The maximum Gasteiger partial charge on any atom is 0.407 e. The standard InChI is InChI=1S/C12H21NO3/c1-7-8(2)10(14)9(3)13-11(15)16-12(4,5)6/h1,8-10,14H,2-6H3,(H,13,15)/t8-,9+,10-/m1/s1. The molecular weight excluding hydrogens is 206 g/mol. The monoisotopic (exact) mass is 227 g/mol. The minimum atomic E-state index is -0.780. The number of hydrogen-bond acceptors (Lipinski definition) is 3. The lowest BCUT2D eigenvalue weighted by atomic mass is 10.0. The van der Waals surface area contributed by atoms with Crippen LogP contribution in [0.1, 0.15) is 34.6 Å². The lowest BCUT2D eigenvalue weighted by Gasteiger charge is -2.25. The van der Waals surface area contributed by atoms with E-state index in [0.29, 0.717) is 0 Å². The van der Waals surface area contributed by atoms with E-state index in [1.807, 2.05) is 0 Å². The summed E-state index contributed by atoms with van der Waals surface area (Å²) in [5.74, 6) is 2.11. The number of carbonyl (C=O) groups excluding carboxylic acids is 1. The third-order valence-electron chi connectivity index (χ3n) is 2.03. The smallest absolute Gasteiger partial charge is 0.407 e. The summed E-state index contributed by atoms with van der Waals surface area (Å²) >= 11 is 0. The summed E-state index contributed by atoms with van der Waals surface area (Å²) < 4.78 is 5.06. The molecule has 0 bridgehead atoms. The van der Waals surface area contributed by atoms with Gasteiger partial charge in [0.05, 0.1) is 12.1 Å². The van der Waals surface area contributed by atoms with Crippen LogP contribution in [0.5, 0.6) is 0 Å². The minimum Gasteiger partial charge on any atom is -0.444 e. The first-order chi connectivity index (χ1) is 7.17. The zero-order chi connectivity index (χ0) is 12.9. The Morgan fingerprint density at radius 1 is 1.44 bits per heavy atom. The van der Waals surface area contributed by atoms with Crippen molar-refractivity contribution in [1.29, 1.82) is 0 Å². The average molecular weight is 227 g/mol. The molecule has 0 radical (unpaired) electrons. The third kappa shape index (κ3) is 5.62. The highest BCUT2D eigenvalue weighted by Gasteiger charge is 2.23. The zero-order valence-corrected chi connectivity index (χ0v) is 10.6. The van der Waals surface area contributed by atoms with Crippen LogP contribution < -0.4 is 5.32 Å². The van der Waals surface area contributed by atoms with Gasteiger partial charge >= 0.3 is 6.09 Å². The van der Waals surface area contributed by atoms with Crippen molar-refractivity contribution in [1.82, 2.24) is 5.32 Å². The Labute approximate surface area is 97.4 Å². The van der Waals surface area contributed by atoms with Crippen molar-refractivity contribution >= 4 is 6.09 Å². The lowest BCUT2D eigenvalue weighted by Crippen LogP contribution is -2.45. The molecule has 0 aromatic rings. The summed E-state index contributed by atoms with van der Waals surface area (Å²) in [4.78, 5) is 11.4. The maximum absolute atomic E-state index is 11.4. The number of terminal acetylenes is 1. The number of alkyl carbamates (subject to hydrolysis) is 1. The summed E-state index contributed by atoms with van der Waals surface area (Å²) in [6.07, 6.45) is 3.86. The van der Waals surface area contributed by atoms with Gasteiger partial charge in [-0.1, -0.05) is 0 Å². The number of amides is 1. The van der Waals surface area contributed by atoms with Crippen LogP contribution >= 0.6 is 0 Å². The normalized spacial score (nSPS) is 16.8. The fourth-order valence-electron chi connectivity index (χ4n) is 1.11. The summed E-state index contributed by atoms with van der Waals surface area (Å²) in [6, 6.07) is -0.444. The quantitative estimate of drug-likeness (QED) is 0.719. The van der Waals surface area contributed by atoms with Crippen molar-refractivity contribution in [3.05, 3.63) is 0 Å². The average Bonchev–Trinajstić information content (AvgIpc) is 2.12. The Kier molecular flexibility index (Phi) is 5.32. The van der Waals surface area contributed by atoms with Crippen LogP contribution in [-0.4, -0.2) is 28.9 Å². The van der Waals surface area contributed by atoms with Crippen molar-refractivity contribution in [3.63, 3.8) is 0 Å².